The lowest BCUT2D eigenvalue weighted by Crippen LogP contribution is -2.14. The molecular formula is C14H17ClOS. The number of halogens is 1. The number of carbonyl (C=O) groups excluding carboxylic acids is 1. The van der Waals surface area contributed by atoms with Gasteiger partial charge in [-0.2, -0.15) is 0 Å². The first-order chi connectivity index (χ1) is 8.13. The smallest absolute Gasteiger partial charge is 0.173 e. The summed E-state index contributed by atoms with van der Waals surface area (Å²) < 4.78 is 0.765. The lowest BCUT2D eigenvalue weighted by atomic mass is 9.85. The van der Waals surface area contributed by atoms with Crippen LogP contribution in [0.3, 0.4) is 0 Å². The number of fused-ring (bicyclic) bond motifs is 2. The maximum atomic E-state index is 12.2. The summed E-state index contributed by atoms with van der Waals surface area (Å²) in [6.07, 6.45) is 6.17. The summed E-state index contributed by atoms with van der Waals surface area (Å²) in [6, 6.07) is 1.95. The van der Waals surface area contributed by atoms with Crippen molar-refractivity contribution in [2.24, 2.45) is 17.8 Å². The molecule has 2 aliphatic rings. The van der Waals surface area contributed by atoms with E-state index in [-0.39, 0.29) is 0 Å². The van der Waals surface area contributed by atoms with Crippen molar-refractivity contribution >= 4 is 28.7 Å². The van der Waals surface area contributed by atoms with Crippen molar-refractivity contribution in [3.63, 3.8) is 0 Å². The monoisotopic (exact) mass is 268 g/mol. The van der Waals surface area contributed by atoms with Crippen LogP contribution in [-0.4, -0.2) is 5.78 Å². The number of aryl methyl sites for hydroxylation is 1. The summed E-state index contributed by atoms with van der Waals surface area (Å²) in [5.41, 5.74) is 1.04. The van der Waals surface area contributed by atoms with E-state index in [9.17, 15) is 4.79 Å². The van der Waals surface area contributed by atoms with Crippen molar-refractivity contribution in [3.05, 3.63) is 20.8 Å². The highest BCUT2D eigenvalue weighted by atomic mass is 35.5. The summed E-state index contributed by atoms with van der Waals surface area (Å²) in [5, 5.41) is 0. The fourth-order valence-electron chi connectivity index (χ4n) is 3.56. The number of carbonyl (C=O) groups is 1. The van der Waals surface area contributed by atoms with Crippen LogP contribution in [0.2, 0.25) is 4.34 Å². The van der Waals surface area contributed by atoms with Crippen LogP contribution in [0.5, 0.6) is 0 Å². The molecule has 0 spiro atoms. The second-order valence-electron chi connectivity index (χ2n) is 5.63. The van der Waals surface area contributed by atoms with E-state index in [0.29, 0.717) is 11.7 Å². The van der Waals surface area contributed by atoms with Crippen LogP contribution in [0.4, 0.5) is 0 Å². The summed E-state index contributed by atoms with van der Waals surface area (Å²) in [4.78, 5) is 13.1. The summed E-state index contributed by atoms with van der Waals surface area (Å²) in [5.74, 6) is 2.72. The highest BCUT2D eigenvalue weighted by Crippen LogP contribution is 2.50. The Morgan fingerprint density at radius 2 is 2.29 bits per heavy atom. The summed E-state index contributed by atoms with van der Waals surface area (Å²) >= 11 is 7.46. The highest BCUT2D eigenvalue weighted by molar-refractivity contribution is 7.18. The molecule has 3 rings (SSSR count). The van der Waals surface area contributed by atoms with Gasteiger partial charge in [-0.25, -0.2) is 0 Å². The number of rotatable bonds is 3. The Morgan fingerprint density at radius 3 is 2.82 bits per heavy atom. The Bertz CT molecular complexity index is 432. The van der Waals surface area contributed by atoms with Crippen LogP contribution in [-0.2, 0) is 0 Å². The topological polar surface area (TPSA) is 17.1 Å². The molecule has 3 heteroatoms. The second kappa shape index (κ2) is 4.40. The minimum Gasteiger partial charge on any atom is -0.293 e. The summed E-state index contributed by atoms with van der Waals surface area (Å²) in [6.45, 7) is 1.97. The predicted octanol–water partition coefficient (Wildman–Crippen LogP) is 4.72. The van der Waals surface area contributed by atoms with Gasteiger partial charge in [0.25, 0.3) is 0 Å². The van der Waals surface area contributed by atoms with Gasteiger partial charge in [-0.1, -0.05) is 18.0 Å². The number of ketones is 1. The zero-order chi connectivity index (χ0) is 12.0. The molecule has 1 heterocycles. The minimum atomic E-state index is 0.308. The second-order valence-corrected chi connectivity index (χ2v) is 7.28. The summed E-state index contributed by atoms with van der Waals surface area (Å²) in [7, 11) is 0. The van der Waals surface area contributed by atoms with E-state index in [1.165, 1.54) is 37.0 Å². The van der Waals surface area contributed by atoms with Gasteiger partial charge in [-0.05, 0) is 55.6 Å². The molecule has 17 heavy (non-hydrogen) atoms. The van der Waals surface area contributed by atoms with Crippen LogP contribution >= 0.6 is 22.9 Å². The third kappa shape index (κ3) is 2.17. The van der Waals surface area contributed by atoms with Crippen LogP contribution in [0.1, 0.15) is 47.3 Å². The van der Waals surface area contributed by atoms with Crippen LogP contribution in [0, 0.1) is 24.7 Å². The molecule has 2 bridgehead atoms. The van der Waals surface area contributed by atoms with Crippen molar-refractivity contribution in [3.8, 4) is 0 Å². The van der Waals surface area contributed by atoms with Gasteiger partial charge in [0.1, 0.15) is 0 Å². The van der Waals surface area contributed by atoms with E-state index >= 15 is 0 Å². The first-order valence-electron chi connectivity index (χ1n) is 6.42. The SMILES string of the molecule is Cc1cc(C(=O)CC2CC3CCC2C3)sc1Cl. The Balaban J connectivity index is 1.67. The highest BCUT2D eigenvalue weighted by Gasteiger charge is 2.40. The van der Waals surface area contributed by atoms with Gasteiger partial charge in [-0.15, -0.1) is 11.3 Å². The molecule has 0 amide bonds. The fraction of sp³-hybridized carbons (Fsp3) is 0.643. The molecule has 3 atom stereocenters. The maximum Gasteiger partial charge on any atom is 0.173 e. The van der Waals surface area contributed by atoms with Gasteiger partial charge < -0.3 is 0 Å². The first-order valence-corrected chi connectivity index (χ1v) is 7.62. The zero-order valence-corrected chi connectivity index (χ0v) is 11.6. The van der Waals surface area contributed by atoms with Gasteiger partial charge in [0.2, 0.25) is 0 Å². The molecule has 0 N–H and O–H groups in total. The van der Waals surface area contributed by atoms with E-state index in [4.69, 9.17) is 11.6 Å². The number of thiophene rings is 1. The van der Waals surface area contributed by atoms with E-state index in [1.807, 2.05) is 13.0 Å². The maximum absolute atomic E-state index is 12.2. The first kappa shape index (κ1) is 11.7. The molecule has 1 nitrogen and oxygen atoms in total. The van der Waals surface area contributed by atoms with Crippen molar-refractivity contribution < 1.29 is 4.79 Å². The molecule has 3 unspecified atom stereocenters. The van der Waals surface area contributed by atoms with Crippen molar-refractivity contribution in [1.82, 2.24) is 0 Å². The number of hydrogen-bond donors (Lipinski definition) is 0. The zero-order valence-electron chi connectivity index (χ0n) is 10.0. The fourth-order valence-corrected chi connectivity index (χ4v) is 4.71. The van der Waals surface area contributed by atoms with E-state index in [2.05, 4.69) is 0 Å². The standard InChI is InChI=1S/C14H17ClOS/c1-8-4-13(17-14(8)15)12(16)7-11-6-9-2-3-10(11)5-9/h4,9-11H,2-3,5-7H2,1H3. The van der Waals surface area contributed by atoms with Gasteiger partial charge >= 0.3 is 0 Å². The quantitative estimate of drug-likeness (QED) is 0.725. The number of Topliss-reactive ketones (excluding diaryl/α,β-unsaturated/α-hetero) is 1. The normalized spacial score (nSPS) is 31.1. The van der Waals surface area contributed by atoms with E-state index in [0.717, 1.165) is 33.0 Å². The molecule has 0 radical (unpaired) electrons. The van der Waals surface area contributed by atoms with Gasteiger partial charge in [0.05, 0.1) is 9.21 Å². The third-order valence-corrected chi connectivity index (χ3v) is 6.06. The molecule has 1 aromatic rings. The Morgan fingerprint density at radius 1 is 1.47 bits per heavy atom. The molecule has 92 valence electrons. The minimum absolute atomic E-state index is 0.308. The van der Waals surface area contributed by atoms with Crippen molar-refractivity contribution in [2.45, 2.75) is 39.0 Å². The molecule has 2 saturated carbocycles. The average molecular weight is 269 g/mol. The van der Waals surface area contributed by atoms with Gasteiger partial charge in [0, 0.05) is 6.42 Å². The van der Waals surface area contributed by atoms with Crippen LogP contribution < -0.4 is 0 Å². The van der Waals surface area contributed by atoms with Crippen LogP contribution in [0.15, 0.2) is 6.07 Å². The van der Waals surface area contributed by atoms with Crippen molar-refractivity contribution in [2.75, 3.05) is 0 Å². The molecule has 2 fully saturated rings. The van der Waals surface area contributed by atoms with Gasteiger partial charge in [-0.3, -0.25) is 4.79 Å². The number of hydrogen-bond acceptors (Lipinski definition) is 2. The lowest BCUT2D eigenvalue weighted by molar-refractivity contribution is 0.0948. The van der Waals surface area contributed by atoms with Crippen LogP contribution in [0.25, 0.3) is 0 Å². The van der Waals surface area contributed by atoms with E-state index < -0.39 is 0 Å². The molecule has 0 aliphatic heterocycles. The largest absolute Gasteiger partial charge is 0.293 e. The van der Waals surface area contributed by atoms with Crippen molar-refractivity contribution in [1.29, 1.82) is 0 Å². The lowest BCUT2D eigenvalue weighted by Gasteiger charge is -2.20. The van der Waals surface area contributed by atoms with E-state index in [1.54, 1.807) is 0 Å². The molecular weight excluding hydrogens is 252 g/mol. The molecule has 2 aliphatic carbocycles. The molecule has 0 aromatic carbocycles. The Hall–Kier alpha value is -0.340. The molecule has 0 saturated heterocycles. The average Bonchev–Trinajstić information content (AvgIpc) is 2.95. The predicted molar refractivity (Wildman–Crippen MR) is 72.0 cm³/mol. The molecule has 1 aromatic heterocycles. The van der Waals surface area contributed by atoms with Gasteiger partial charge in [0.15, 0.2) is 5.78 Å². The third-order valence-electron chi connectivity index (χ3n) is 4.46. The Labute approximate surface area is 111 Å². The Kier molecular flexibility index (Phi) is 3.04.